The normalized spacial score (nSPS) is 15.1. The highest BCUT2D eigenvalue weighted by atomic mass is 127. The molecule has 4 rings (SSSR count). The SMILES string of the molecule is Nc1cc(CN2CCN(C(=O)c3ccc(/C(=N/I)c4ccccc4)cc3)CC2)ccn1. The Balaban J connectivity index is 1.37. The Morgan fingerprint density at radius 1 is 0.935 bits per heavy atom. The lowest BCUT2D eigenvalue weighted by Gasteiger charge is -2.34. The number of piperazine rings is 1. The first-order chi connectivity index (χ1) is 15.1. The molecule has 2 aromatic carbocycles. The predicted molar refractivity (Wildman–Crippen MR) is 132 cm³/mol. The van der Waals surface area contributed by atoms with Crippen LogP contribution in [0.25, 0.3) is 0 Å². The van der Waals surface area contributed by atoms with E-state index in [4.69, 9.17) is 5.73 Å². The van der Waals surface area contributed by atoms with Crippen LogP contribution in [-0.2, 0) is 6.54 Å². The van der Waals surface area contributed by atoms with Crippen molar-refractivity contribution in [1.82, 2.24) is 14.8 Å². The fraction of sp³-hybridized carbons (Fsp3) is 0.208. The molecular formula is C24H24IN5O. The van der Waals surface area contributed by atoms with Crippen LogP contribution >= 0.6 is 22.9 Å². The van der Waals surface area contributed by atoms with Gasteiger partial charge in [-0.3, -0.25) is 9.69 Å². The number of benzene rings is 2. The second kappa shape index (κ2) is 10.0. The van der Waals surface area contributed by atoms with Crippen LogP contribution in [0.1, 0.15) is 27.0 Å². The molecule has 1 aliphatic rings. The lowest BCUT2D eigenvalue weighted by molar-refractivity contribution is 0.0628. The third kappa shape index (κ3) is 5.29. The highest BCUT2D eigenvalue weighted by Gasteiger charge is 2.22. The van der Waals surface area contributed by atoms with E-state index in [9.17, 15) is 4.79 Å². The van der Waals surface area contributed by atoms with Gasteiger partial charge in [0.15, 0.2) is 0 Å². The van der Waals surface area contributed by atoms with Gasteiger partial charge in [0.05, 0.1) is 28.6 Å². The van der Waals surface area contributed by atoms with E-state index >= 15 is 0 Å². The Labute approximate surface area is 196 Å². The predicted octanol–water partition coefficient (Wildman–Crippen LogP) is 3.81. The average molecular weight is 525 g/mol. The van der Waals surface area contributed by atoms with E-state index in [1.165, 1.54) is 0 Å². The number of halogens is 1. The zero-order chi connectivity index (χ0) is 21.6. The summed E-state index contributed by atoms with van der Waals surface area (Å²) in [6, 6.07) is 21.7. The van der Waals surface area contributed by atoms with Gasteiger partial charge in [-0.15, -0.1) is 0 Å². The van der Waals surface area contributed by atoms with Crippen molar-refractivity contribution < 1.29 is 4.79 Å². The van der Waals surface area contributed by atoms with Gasteiger partial charge in [0.25, 0.3) is 5.91 Å². The van der Waals surface area contributed by atoms with Gasteiger partial charge in [0.2, 0.25) is 0 Å². The van der Waals surface area contributed by atoms with Crippen LogP contribution < -0.4 is 5.73 Å². The summed E-state index contributed by atoms with van der Waals surface area (Å²) in [5.74, 6) is 0.616. The summed E-state index contributed by atoms with van der Waals surface area (Å²) in [4.78, 5) is 21.3. The van der Waals surface area contributed by atoms with Crippen molar-refractivity contribution in [3.63, 3.8) is 0 Å². The Hall–Kier alpha value is -2.78. The standard InChI is InChI=1S/C24H24IN5O/c25-28-23(19-4-2-1-3-5-19)20-6-8-21(9-7-20)24(31)30-14-12-29(13-15-30)17-18-10-11-27-22(26)16-18/h1-11,16H,12-15,17H2,(H2,26,27)/b28-23+. The number of anilines is 1. The van der Waals surface area contributed by atoms with Crippen molar-refractivity contribution >= 4 is 40.3 Å². The minimum atomic E-state index is 0.0760. The molecule has 2 N–H and O–H groups in total. The van der Waals surface area contributed by atoms with Crippen LogP contribution in [0, 0.1) is 0 Å². The fourth-order valence-electron chi connectivity index (χ4n) is 3.77. The molecule has 7 heteroatoms. The molecule has 1 aromatic heterocycles. The number of carbonyl (C=O) groups is 1. The molecule has 6 nitrogen and oxygen atoms in total. The summed E-state index contributed by atoms with van der Waals surface area (Å²) < 4.78 is 4.42. The molecule has 0 aliphatic carbocycles. The van der Waals surface area contributed by atoms with Crippen LogP contribution in [0.15, 0.2) is 76.1 Å². The van der Waals surface area contributed by atoms with Gasteiger partial charge in [0.1, 0.15) is 5.82 Å². The molecule has 0 bridgehead atoms. The maximum absolute atomic E-state index is 13.0. The van der Waals surface area contributed by atoms with Crippen molar-refractivity contribution in [2.45, 2.75) is 6.54 Å². The number of nitrogens with two attached hydrogens (primary N) is 1. The second-order valence-electron chi connectivity index (χ2n) is 7.53. The number of pyridine rings is 1. The number of amides is 1. The monoisotopic (exact) mass is 525 g/mol. The summed E-state index contributed by atoms with van der Waals surface area (Å²) in [5.41, 5.74) is 10.6. The molecule has 158 valence electrons. The third-order valence-electron chi connectivity index (χ3n) is 5.45. The quantitative estimate of drug-likeness (QED) is 0.406. The maximum atomic E-state index is 13.0. The minimum Gasteiger partial charge on any atom is -0.384 e. The first-order valence-corrected chi connectivity index (χ1v) is 11.2. The molecule has 2 heterocycles. The molecule has 0 atom stereocenters. The third-order valence-corrected chi connectivity index (χ3v) is 5.93. The number of aromatic nitrogens is 1. The molecule has 1 saturated heterocycles. The summed E-state index contributed by atoms with van der Waals surface area (Å²) >= 11 is 2.02. The molecule has 0 saturated carbocycles. The fourth-order valence-corrected chi connectivity index (χ4v) is 4.33. The minimum absolute atomic E-state index is 0.0760. The number of carbonyl (C=O) groups excluding carboxylic acids is 1. The number of nitrogens with zero attached hydrogens (tertiary/aromatic N) is 4. The van der Waals surface area contributed by atoms with Gasteiger partial charge in [-0.25, -0.2) is 8.19 Å². The first kappa shape index (κ1) is 21.5. The van der Waals surface area contributed by atoms with Gasteiger partial charge in [0, 0.05) is 55.6 Å². The highest BCUT2D eigenvalue weighted by molar-refractivity contribution is 14.1. The van der Waals surface area contributed by atoms with Gasteiger partial charge in [-0.05, 0) is 29.8 Å². The lowest BCUT2D eigenvalue weighted by atomic mass is 10.0. The van der Waals surface area contributed by atoms with E-state index in [1.807, 2.05) is 94.5 Å². The van der Waals surface area contributed by atoms with Crippen molar-refractivity contribution in [3.8, 4) is 0 Å². The molecular weight excluding hydrogens is 501 g/mol. The molecule has 1 aliphatic heterocycles. The van der Waals surface area contributed by atoms with Crippen molar-refractivity contribution in [1.29, 1.82) is 0 Å². The Morgan fingerprint density at radius 3 is 2.23 bits per heavy atom. The topological polar surface area (TPSA) is 74.8 Å². The highest BCUT2D eigenvalue weighted by Crippen LogP contribution is 2.16. The molecule has 0 spiro atoms. The van der Waals surface area contributed by atoms with Crippen LogP contribution in [0.4, 0.5) is 5.82 Å². The van der Waals surface area contributed by atoms with Crippen LogP contribution in [0.2, 0.25) is 0 Å². The van der Waals surface area contributed by atoms with E-state index in [2.05, 4.69) is 13.1 Å². The molecule has 31 heavy (non-hydrogen) atoms. The van der Waals surface area contributed by atoms with Crippen LogP contribution in [0.3, 0.4) is 0 Å². The molecule has 0 unspecified atom stereocenters. The van der Waals surface area contributed by atoms with Gasteiger partial charge < -0.3 is 10.6 Å². The molecule has 3 aromatic rings. The Morgan fingerprint density at radius 2 is 1.58 bits per heavy atom. The Kier molecular flexibility index (Phi) is 6.93. The van der Waals surface area contributed by atoms with Gasteiger partial charge >= 0.3 is 0 Å². The van der Waals surface area contributed by atoms with Gasteiger partial charge in [-0.1, -0.05) is 42.5 Å². The summed E-state index contributed by atoms with van der Waals surface area (Å²) in [7, 11) is 0. The van der Waals surface area contributed by atoms with Crippen molar-refractivity contribution in [2.75, 3.05) is 31.9 Å². The zero-order valence-corrected chi connectivity index (χ0v) is 19.3. The van der Waals surface area contributed by atoms with E-state index in [-0.39, 0.29) is 5.91 Å². The van der Waals surface area contributed by atoms with Crippen molar-refractivity contribution in [2.24, 2.45) is 3.21 Å². The summed E-state index contributed by atoms with van der Waals surface area (Å²) in [6.45, 7) is 3.93. The number of hydrogen-bond donors (Lipinski definition) is 1. The van der Waals surface area contributed by atoms with Gasteiger partial charge in [-0.2, -0.15) is 0 Å². The smallest absolute Gasteiger partial charge is 0.253 e. The van der Waals surface area contributed by atoms with Crippen LogP contribution in [-0.4, -0.2) is 52.6 Å². The summed E-state index contributed by atoms with van der Waals surface area (Å²) in [5, 5.41) is 0. The van der Waals surface area contributed by atoms with E-state index in [0.717, 1.165) is 42.0 Å². The number of rotatable bonds is 5. The Bertz CT molecular complexity index is 1060. The van der Waals surface area contributed by atoms with E-state index < -0.39 is 0 Å². The lowest BCUT2D eigenvalue weighted by Crippen LogP contribution is -2.48. The molecule has 0 radical (unpaired) electrons. The van der Waals surface area contributed by atoms with Crippen LogP contribution in [0.5, 0.6) is 0 Å². The number of nitrogen functional groups attached to an aromatic ring is 1. The molecule has 1 amide bonds. The first-order valence-electron chi connectivity index (χ1n) is 10.2. The second-order valence-corrected chi connectivity index (χ2v) is 8.02. The maximum Gasteiger partial charge on any atom is 0.253 e. The zero-order valence-electron chi connectivity index (χ0n) is 17.1. The average Bonchev–Trinajstić information content (AvgIpc) is 2.81. The summed E-state index contributed by atoms with van der Waals surface area (Å²) in [6.07, 6.45) is 1.74. The van der Waals surface area contributed by atoms with E-state index in [1.54, 1.807) is 6.20 Å². The number of hydrogen-bond acceptors (Lipinski definition) is 5. The van der Waals surface area contributed by atoms with Crippen molar-refractivity contribution in [3.05, 3.63) is 95.2 Å². The van der Waals surface area contributed by atoms with E-state index in [0.29, 0.717) is 24.5 Å². The molecule has 1 fully saturated rings. The largest absolute Gasteiger partial charge is 0.384 e.